The van der Waals surface area contributed by atoms with Crippen molar-refractivity contribution in [3.63, 3.8) is 0 Å². The molecule has 2 atom stereocenters. The lowest BCUT2D eigenvalue weighted by molar-refractivity contribution is -0.138. The van der Waals surface area contributed by atoms with Gasteiger partial charge in [0.15, 0.2) is 5.65 Å². The van der Waals surface area contributed by atoms with Crippen LogP contribution in [0.25, 0.3) is 11.0 Å². The molecule has 0 saturated carbocycles. The summed E-state index contributed by atoms with van der Waals surface area (Å²) in [5, 5.41) is 10.5. The smallest absolute Gasteiger partial charge is 0.347 e. The molecule has 190 valence electrons. The number of amides is 2. The molecule has 1 aliphatic rings. The standard InChI is InChI=1S/C26H23F3N6O2/c1-15-18-12-17(13-31-23(18)34-33-15)25(37)35-11-9-21(19(14-35)16-6-3-2-4-7-16)32-24(36)22-20(26(27,28)29)8-5-10-30-22/h2-8,10,12-13,19,21H,9,11,14H2,1H3,(H,32,36)(H,31,33,34)/t19-,21-/m1/s1. The predicted molar refractivity (Wildman–Crippen MR) is 129 cm³/mol. The van der Waals surface area contributed by atoms with Crippen molar-refractivity contribution in [2.75, 3.05) is 13.1 Å². The van der Waals surface area contributed by atoms with E-state index in [-0.39, 0.29) is 18.4 Å². The summed E-state index contributed by atoms with van der Waals surface area (Å²) in [6.45, 7) is 2.42. The Morgan fingerprint density at radius 2 is 1.89 bits per heavy atom. The number of H-pyrrole nitrogens is 1. The van der Waals surface area contributed by atoms with Gasteiger partial charge in [-0.25, -0.2) is 4.98 Å². The van der Waals surface area contributed by atoms with Gasteiger partial charge in [0.2, 0.25) is 0 Å². The normalized spacial score (nSPS) is 18.1. The Morgan fingerprint density at radius 1 is 1.11 bits per heavy atom. The van der Waals surface area contributed by atoms with Crippen LogP contribution in [0.5, 0.6) is 0 Å². The van der Waals surface area contributed by atoms with E-state index in [2.05, 4.69) is 25.5 Å². The van der Waals surface area contributed by atoms with Crippen LogP contribution in [0.4, 0.5) is 13.2 Å². The number of aryl methyl sites for hydroxylation is 1. The first-order valence-electron chi connectivity index (χ1n) is 11.7. The number of alkyl halides is 3. The number of aromatic amines is 1. The number of hydrogen-bond donors (Lipinski definition) is 2. The van der Waals surface area contributed by atoms with E-state index in [4.69, 9.17) is 0 Å². The molecule has 8 nitrogen and oxygen atoms in total. The Bertz CT molecular complexity index is 1450. The van der Waals surface area contributed by atoms with Gasteiger partial charge in [-0.2, -0.15) is 18.3 Å². The number of carbonyl (C=O) groups is 2. The zero-order chi connectivity index (χ0) is 26.2. The number of fused-ring (bicyclic) bond motifs is 1. The molecule has 4 aromatic rings. The molecule has 1 aromatic carbocycles. The molecular formula is C26H23F3N6O2. The lowest BCUT2D eigenvalue weighted by Crippen LogP contribution is -2.51. The van der Waals surface area contributed by atoms with E-state index in [1.165, 1.54) is 6.20 Å². The highest BCUT2D eigenvalue weighted by atomic mass is 19.4. The summed E-state index contributed by atoms with van der Waals surface area (Å²) in [7, 11) is 0. The Labute approximate surface area is 209 Å². The van der Waals surface area contributed by atoms with Crippen molar-refractivity contribution in [2.45, 2.75) is 31.5 Å². The number of benzene rings is 1. The second kappa shape index (κ2) is 9.64. The lowest BCUT2D eigenvalue weighted by Gasteiger charge is -2.39. The summed E-state index contributed by atoms with van der Waals surface area (Å²) < 4.78 is 40.4. The van der Waals surface area contributed by atoms with Crippen molar-refractivity contribution >= 4 is 22.8 Å². The number of piperidine rings is 1. The summed E-state index contributed by atoms with van der Waals surface area (Å²) in [6.07, 6.45) is -1.72. The summed E-state index contributed by atoms with van der Waals surface area (Å²) in [4.78, 5) is 36.0. The SMILES string of the molecule is Cc1[nH]nc2ncc(C(=O)N3CC[C@@H](NC(=O)c4ncccc4C(F)(F)F)[C@@H](c4ccccc4)C3)cc12. The van der Waals surface area contributed by atoms with Gasteiger partial charge in [-0.1, -0.05) is 30.3 Å². The molecular weight excluding hydrogens is 485 g/mol. The fourth-order valence-corrected chi connectivity index (χ4v) is 4.72. The highest BCUT2D eigenvalue weighted by Gasteiger charge is 2.38. The van der Waals surface area contributed by atoms with Gasteiger partial charge in [-0.3, -0.25) is 19.7 Å². The minimum atomic E-state index is -4.71. The van der Waals surface area contributed by atoms with E-state index in [9.17, 15) is 22.8 Å². The van der Waals surface area contributed by atoms with E-state index < -0.39 is 29.4 Å². The van der Waals surface area contributed by atoms with Crippen molar-refractivity contribution in [3.05, 3.63) is 89.0 Å². The maximum Gasteiger partial charge on any atom is 0.418 e. The maximum absolute atomic E-state index is 13.5. The third-order valence-corrected chi connectivity index (χ3v) is 6.62. The van der Waals surface area contributed by atoms with Crippen LogP contribution in [0.15, 0.2) is 60.9 Å². The number of nitrogens with one attached hydrogen (secondary N) is 2. The van der Waals surface area contributed by atoms with Gasteiger partial charge in [-0.05, 0) is 37.1 Å². The summed E-state index contributed by atoms with van der Waals surface area (Å²) in [5.41, 5.74) is 0.832. The van der Waals surface area contributed by atoms with Crippen LogP contribution in [-0.4, -0.2) is 56.0 Å². The maximum atomic E-state index is 13.5. The zero-order valence-corrected chi connectivity index (χ0v) is 19.8. The predicted octanol–water partition coefficient (Wildman–Crippen LogP) is 4.11. The second-order valence-corrected chi connectivity index (χ2v) is 8.98. The molecule has 2 N–H and O–H groups in total. The number of pyridine rings is 2. The first-order chi connectivity index (χ1) is 17.7. The van der Waals surface area contributed by atoms with Gasteiger partial charge in [-0.15, -0.1) is 0 Å². The Morgan fingerprint density at radius 3 is 2.65 bits per heavy atom. The molecule has 1 aliphatic heterocycles. The van der Waals surface area contributed by atoms with Crippen LogP contribution in [0.2, 0.25) is 0 Å². The molecule has 11 heteroatoms. The third kappa shape index (κ3) is 4.89. The fourth-order valence-electron chi connectivity index (χ4n) is 4.72. The van der Waals surface area contributed by atoms with Crippen LogP contribution in [0.3, 0.4) is 0 Å². The van der Waals surface area contributed by atoms with Crippen molar-refractivity contribution in [1.29, 1.82) is 0 Å². The number of carbonyl (C=O) groups excluding carboxylic acids is 2. The van der Waals surface area contributed by atoms with Gasteiger partial charge < -0.3 is 10.2 Å². The highest BCUT2D eigenvalue weighted by Crippen LogP contribution is 2.32. The molecule has 3 aromatic heterocycles. The number of likely N-dealkylation sites (tertiary alicyclic amines) is 1. The van der Waals surface area contributed by atoms with E-state index in [0.717, 1.165) is 35.0 Å². The van der Waals surface area contributed by atoms with Gasteiger partial charge in [0, 0.05) is 48.5 Å². The van der Waals surface area contributed by atoms with Crippen LogP contribution >= 0.6 is 0 Å². The van der Waals surface area contributed by atoms with Crippen LogP contribution < -0.4 is 5.32 Å². The van der Waals surface area contributed by atoms with Gasteiger partial charge in [0.25, 0.3) is 11.8 Å². The summed E-state index contributed by atoms with van der Waals surface area (Å²) in [6, 6.07) is 12.5. The first-order valence-corrected chi connectivity index (χ1v) is 11.7. The van der Waals surface area contributed by atoms with E-state index in [1.807, 2.05) is 37.3 Å². The minimum absolute atomic E-state index is 0.218. The van der Waals surface area contributed by atoms with Crippen molar-refractivity contribution in [3.8, 4) is 0 Å². The Hall–Kier alpha value is -4.28. The monoisotopic (exact) mass is 508 g/mol. The van der Waals surface area contributed by atoms with E-state index >= 15 is 0 Å². The Kier molecular flexibility index (Phi) is 6.36. The van der Waals surface area contributed by atoms with Gasteiger partial charge >= 0.3 is 6.18 Å². The quantitative estimate of drug-likeness (QED) is 0.432. The first kappa shape index (κ1) is 24.4. The van der Waals surface area contributed by atoms with Crippen LogP contribution in [-0.2, 0) is 6.18 Å². The molecule has 4 heterocycles. The number of hydrogen-bond acceptors (Lipinski definition) is 5. The molecule has 0 bridgehead atoms. The van der Waals surface area contributed by atoms with Crippen LogP contribution in [0.1, 0.15) is 50.0 Å². The molecule has 0 radical (unpaired) electrons. The summed E-state index contributed by atoms with van der Waals surface area (Å²) >= 11 is 0. The number of nitrogens with zero attached hydrogens (tertiary/aromatic N) is 4. The lowest BCUT2D eigenvalue weighted by atomic mass is 9.85. The molecule has 0 spiro atoms. The molecule has 5 rings (SSSR count). The number of rotatable bonds is 4. The minimum Gasteiger partial charge on any atom is -0.347 e. The number of aromatic nitrogens is 4. The topological polar surface area (TPSA) is 104 Å². The largest absolute Gasteiger partial charge is 0.418 e. The zero-order valence-electron chi connectivity index (χ0n) is 19.8. The van der Waals surface area contributed by atoms with E-state index in [1.54, 1.807) is 11.0 Å². The Balaban J connectivity index is 1.40. The van der Waals surface area contributed by atoms with Gasteiger partial charge in [0.1, 0.15) is 5.69 Å². The van der Waals surface area contributed by atoms with Crippen LogP contribution in [0, 0.1) is 6.92 Å². The molecule has 37 heavy (non-hydrogen) atoms. The average Bonchev–Trinajstić information content (AvgIpc) is 3.28. The second-order valence-electron chi connectivity index (χ2n) is 8.98. The highest BCUT2D eigenvalue weighted by molar-refractivity contribution is 5.97. The fraction of sp³-hybridized carbons (Fsp3) is 0.269. The third-order valence-electron chi connectivity index (χ3n) is 6.62. The van der Waals surface area contributed by atoms with Gasteiger partial charge in [0.05, 0.1) is 11.1 Å². The number of halogens is 3. The molecule has 0 unspecified atom stereocenters. The van der Waals surface area contributed by atoms with Crippen molar-refractivity contribution < 1.29 is 22.8 Å². The molecule has 1 saturated heterocycles. The van der Waals surface area contributed by atoms with Crippen molar-refractivity contribution in [1.82, 2.24) is 30.4 Å². The molecule has 0 aliphatic carbocycles. The average molecular weight is 509 g/mol. The van der Waals surface area contributed by atoms with E-state index in [0.29, 0.717) is 24.2 Å². The molecule has 2 amide bonds. The van der Waals surface area contributed by atoms with Crippen molar-refractivity contribution in [2.24, 2.45) is 0 Å². The molecule has 1 fully saturated rings. The summed E-state index contributed by atoms with van der Waals surface area (Å²) in [5.74, 6) is -1.46.